The van der Waals surface area contributed by atoms with Crippen LogP contribution in [-0.2, 0) is 4.79 Å². The Morgan fingerprint density at radius 3 is 2.28 bits per heavy atom. The lowest BCUT2D eigenvalue weighted by atomic mass is 9.77. The molecule has 0 radical (unpaired) electrons. The zero-order chi connectivity index (χ0) is 20.8. The van der Waals surface area contributed by atoms with E-state index in [1.165, 1.54) is 24.9 Å². The summed E-state index contributed by atoms with van der Waals surface area (Å²) in [5, 5.41) is 9.18. The van der Waals surface area contributed by atoms with E-state index in [0.29, 0.717) is 0 Å². The Labute approximate surface area is 172 Å². The largest absolute Gasteiger partial charge is 0.478 e. The number of anilines is 1. The Morgan fingerprint density at radius 2 is 1.69 bits per heavy atom. The molecule has 3 N–H and O–H groups in total. The van der Waals surface area contributed by atoms with Gasteiger partial charge in [0.15, 0.2) is 0 Å². The van der Waals surface area contributed by atoms with Gasteiger partial charge in [0.25, 0.3) is 0 Å². The molecule has 1 aliphatic heterocycles. The number of rotatable bonds is 8. The Bertz CT molecular complexity index is 841. The van der Waals surface area contributed by atoms with Crippen molar-refractivity contribution >= 4 is 17.6 Å². The minimum atomic E-state index is -0.979. The average Bonchev–Trinajstić information content (AvgIpc) is 2.74. The average molecular weight is 395 g/mol. The van der Waals surface area contributed by atoms with Crippen LogP contribution in [0.2, 0.25) is 0 Å². The van der Waals surface area contributed by atoms with Gasteiger partial charge < -0.3 is 15.7 Å². The normalized spacial score (nSPS) is 16.2. The van der Waals surface area contributed by atoms with Gasteiger partial charge in [0, 0.05) is 24.7 Å². The highest BCUT2D eigenvalue weighted by molar-refractivity contribution is 5.88. The number of primary amides is 1. The predicted octanol–water partition coefficient (Wildman–Crippen LogP) is 4.53. The first kappa shape index (κ1) is 20.9. The monoisotopic (exact) mass is 394 g/mol. The third-order valence-electron chi connectivity index (χ3n) is 5.86. The van der Waals surface area contributed by atoms with Gasteiger partial charge in [0.1, 0.15) is 0 Å². The van der Waals surface area contributed by atoms with Crippen molar-refractivity contribution in [2.75, 3.05) is 18.0 Å². The van der Waals surface area contributed by atoms with Crippen LogP contribution in [0.3, 0.4) is 0 Å². The van der Waals surface area contributed by atoms with Crippen molar-refractivity contribution in [2.24, 2.45) is 5.73 Å². The van der Waals surface area contributed by atoms with Crippen LogP contribution in [0.5, 0.6) is 0 Å². The van der Waals surface area contributed by atoms with Gasteiger partial charge in [-0.25, -0.2) is 4.79 Å². The van der Waals surface area contributed by atoms with Crippen LogP contribution in [0.4, 0.5) is 5.69 Å². The lowest BCUT2D eigenvalue weighted by Gasteiger charge is -2.34. The number of aromatic carboxylic acids is 1. The van der Waals surface area contributed by atoms with Crippen molar-refractivity contribution in [3.63, 3.8) is 0 Å². The molecule has 0 aromatic heterocycles. The lowest BCUT2D eigenvalue weighted by Crippen LogP contribution is -2.32. The van der Waals surface area contributed by atoms with Crippen molar-refractivity contribution in [1.29, 1.82) is 0 Å². The van der Waals surface area contributed by atoms with Gasteiger partial charge in [-0.15, -0.1) is 0 Å². The molecule has 2 aromatic carbocycles. The molecule has 1 amide bonds. The fourth-order valence-electron chi connectivity index (χ4n) is 4.46. The van der Waals surface area contributed by atoms with E-state index in [4.69, 9.17) is 5.73 Å². The SMILES string of the molecule is CCCC(c1ccccc1N1CCCCC1)C(C(N)=O)c1ccc(C(=O)O)cc1. The van der Waals surface area contributed by atoms with E-state index in [2.05, 4.69) is 30.0 Å². The molecule has 3 rings (SSSR count). The van der Waals surface area contributed by atoms with Gasteiger partial charge in [-0.1, -0.05) is 43.7 Å². The maximum Gasteiger partial charge on any atom is 0.335 e. The molecule has 2 aromatic rings. The zero-order valence-corrected chi connectivity index (χ0v) is 17.0. The van der Waals surface area contributed by atoms with Crippen molar-refractivity contribution in [3.8, 4) is 0 Å². The van der Waals surface area contributed by atoms with Gasteiger partial charge in [0.2, 0.25) is 5.91 Å². The second-order valence-electron chi connectivity index (χ2n) is 7.81. The first-order chi connectivity index (χ1) is 14.0. The molecule has 5 nitrogen and oxygen atoms in total. The van der Waals surface area contributed by atoms with E-state index >= 15 is 0 Å². The summed E-state index contributed by atoms with van der Waals surface area (Å²) in [5.41, 5.74) is 9.22. The summed E-state index contributed by atoms with van der Waals surface area (Å²) in [6, 6.07) is 14.9. The van der Waals surface area contributed by atoms with E-state index < -0.39 is 11.9 Å². The van der Waals surface area contributed by atoms with Crippen LogP contribution in [0, 0.1) is 0 Å². The Kier molecular flexibility index (Phi) is 6.91. The number of hydrogen-bond donors (Lipinski definition) is 2. The van der Waals surface area contributed by atoms with Gasteiger partial charge in [0.05, 0.1) is 11.5 Å². The summed E-state index contributed by atoms with van der Waals surface area (Å²) in [7, 11) is 0. The molecule has 0 saturated carbocycles. The minimum Gasteiger partial charge on any atom is -0.478 e. The zero-order valence-electron chi connectivity index (χ0n) is 17.0. The number of piperidine rings is 1. The van der Waals surface area contributed by atoms with Gasteiger partial charge in [-0.3, -0.25) is 4.79 Å². The smallest absolute Gasteiger partial charge is 0.335 e. The molecule has 2 unspecified atom stereocenters. The summed E-state index contributed by atoms with van der Waals surface area (Å²) < 4.78 is 0. The summed E-state index contributed by atoms with van der Waals surface area (Å²) >= 11 is 0. The topological polar surface area (TPSA) is 83.6 Å². The Hall–Kier alpha value is -2.82. The molecule has 0 aliphatic carbocycles. The van der Waals surface area contributed by atoms with Crippen LogP contribution in [0.25, 0.3) is 0 Å². The third-order valence-corrected chi connectivity index (χ3v) is 5.86. The van der Waals surface area contributed by atoms with Crippen LogP contribution in [0.15, 0.2) is 48.5 Å². The van der Waals surface area contributed by atoms with Crippen molar-refractivity contribution in [1.82, 2.24) is 0 Å². The van der Waals surface area contributed by atoms with Crippen molar-refractivity contribution < 1.29 is 14.7 Å². The fraction of sp³-hybridized carbons (Fsp3) is 0.417. The summed E-state index contributed by atoms with van der Waals surface area (Å²) in [6.45, 7) is 4.18. The first-order valence-electron chi connectivity index (χ1n) is 10.5. The number of carbonyl (C=O) groups excluding carboxylic acids is 1. The summed E-state index contributed by atoms with van der Waals surface area (Å²) in [4.78, 5) is 26.2. The molecule has 5 heteroatoms. The number of carboxylic acid groups (broad SMARTS) is 1. The van der Waals surface area contributed by atoms with Gasteiger partial charge in [-0.2, -0.15) is 0 Å². The molecule has 1 aliphatic rings. The van der Waals surface area contributed by atoms with E-state index in [1.807, 2.05) is 6.07 Å². The van der Waals surface area contributed by atoms with Crippen LogP contribution >= 0.6 is 0 Å². The summed E-state index contributed by atoms with van der Waals surface area (Å²) in [6.07, 6.45) is 5.39. The van der Waals surface area contributed by atoms with Crippen LogP contribution in [0.1, 0.15) is 72.3 Å². The predicted molar refractivity (Wildman–Crippen MR) is 115 cm³/mol. The van der Waals surface area contributed by atoms with E-state index in [0.717, 1.165) is 37.1 Å². The molecule has 2 atom stereocenters. The molecule has 0 spiro atoms. The van der Waals surface area contributed by atoms with E-state index in [9.17, 15) is 14.7 Å². The number of para-hydroxylation sites is 1. The van der Waals surface area contributed by atoms with Crippen molar-refractivity contribution in [2.45, 2.75) is 50.9 Å². The highest BCUT2D eigenvalue weighted by Gasteiger charge is 2.31. The number of benzene rings is 2. The number of nitrogens with zero attached hydrogens (tertiary/aromatic N) is 1. The van der Waals surface area contributed by atoms with Crippen LogP contribution < -0.4 is 10.6 Å². The van der Waals surface area contributed by atoms with E-state index in [-0.39, 0.29) is 17.4 Å². The molecule has 1 heterocycles. The maximum absolute atomic E-state index is 12.6. The number of carboxylic acids is 1. The highest BCUT2D eigenvalue weighted by Crippen LogP contribution is 2.41. The number of nitrogens with two attached hydrogens (primary N) is 1. The Balaban J connectivity index is 2.02. The number of hydrogen-bond acceptors (Lipinski definition) is 3. The molecular weight excluding hydrogens is 364 g/mol. The quantitative estimate of drug-likeness (QED) is 0.689. The van der Waals surface area contributed by atoms with Gasteiger partial charge >= 0.3 is 5.97 Å². The third kappa shape index (κ3) is 4.78. The standard InChI is InChI=1S/C24H30N2O3/c1-2-8-20(19-9-4-5-10-21(19)26-15-6-3-7-16-26)22(23(25)27)17-11-13-18(14-12-17)24(28)29/h4-5,9-14,20,22H,2-3,6-8,15-16H2,1H3,(H2,25,27)(H,28,29). The maximum atomic E-state index is 12.6. The molecule has 154 valence electrons. The fourth-order valence-corrected chi connectivity index (χ4v) is 4.46. The second-order valence-corrected chi connectivity index (χ2v) is 7.81. The molecular formula is C24H30N2O3. The Morgan fingerprint density at radius 1 is 1.03 bits per heavy atom. The second kappa shape index (κ2) is 9.59. The van der Waals surface area contributed by atoms with Gasteiger partial charge in [-0.05, 0) is 55.0 Å². The summed E-state index contributed by atoms with van der Waals surface area (Å²) in [5.74, 6) is -1.90. The first-order valence-corrected chi connectivity index (χ1v) is 10.5. The highest BCUT2D eigenvalue weighted by atomic mass is 16.4. The molecule has 0 bridgehead atoms. The molecule has 1 fully saturated rings. The lowest BCUT2D eigenvalue weighted by molar-refractivity contribution is -0.120. The number of carbonyl (C=O) groups is 2. The van der Waals surface area contributed by atoms with Crippen molar-refractivity contribution in [3.05, 3.63) is 65.2 Å². The van der Waals surface area contributed by atoms with E-state index in [1.54, 1.807) is 24.3 Å². The number of amides is 1. The minimum absolute atomic E-state index is 0.0497. The van der Waals surface area contributed by atoms with Crippen LogP contribution in [-0.4, -0.2) is 30.1 Å². The molecule has 1 saturated heterocycles. The molecule has 29 heavy (non-hydrogen) atoms.